The number of benzene rings is 2. The Morgan fingerprint density at radius 1 is 0.870 bits per heavy atom. The highest BCUT2D eigenvalue weighted by Crippen LogP contribution is 2.12. The third-order valence-electron chi connectivity index (χ3n) is 4.60. The molecule has 0 bridgehead atoms. The standard InChI is InChI=1S/C19H23BrN2O/c1-23-19-7-3-5-17(13-19)15-22-10-8-21(9-11-22)14-16-4-2-6-18(20)12-16/h2-7,12-13H,8-11,14-15H2,1H3/p+2. The molecule has 2 aromatic carbocycles. The number of ether oxygens (including phenoxy) is 1. The molecule has 0 saturated carbocycles. The van der Waals surface area contributed by atoms with Gasteiger partial charge in [-0.1, -0.05) is 40.2 Å². The third-order valence-corrected chi connectivity index (χ3v) is 5.09. The van der Waals surface area contributed by atoms with Gasteiger partial charge in [0.2, 0.25) is 0 Å². The molecule has 2 aromatic rings. The van der Waals surface area contributed by atoms with E-state index in [-0.39, 0.29) is 0 Å². The van der Waals surface area contributed by atoms with Crippen LogP contribution in [0.4, 0.5) is 0 Å². The Balaban J connectivity index is 1.50. The van der Waals surface area contributed by atoms with E-state index in [1.807, 2.05) is 6.07 Å². The Labute approximate surface area is 147 Å². The highest BCUT2D eigenvalue weighted by Gasteiger charge is 2.23. The van der Waals surface area contributed by atoms with Gasteiger partial charge in [0.15, 0.2) is 0 Å². The van der Waals surface area contributed by atoms with E-state index in [1.165, 1.54) is 41.8 Å². The minimum Gasteiger partial charge on any atom is -0.497 e. The molecule has 122 valence electrons. The summed E-state index contributed by atoms with van der Waals surface area (Å²) in [5.41, 5.74) is 2.79. The quantitative estimate of drug-likeness (QED) is 0.794. The van der Waals surface area contributed by atoms with Crippen molar-refractivity contribution >= 4 is 15.9 Å². The van der Waals surface area contributed by atoms with Crippen molar-refractivity contribution in [2.24, 2.45) is 0 Å². The van der Waals surface area contributed by atoms with Crippen molar-refractivity contribution in [1.29, 1.82) is 0 Å². The zero-order chi connectivity index (χ0) is 16.1. The van der Waals surface area contributed by atoms with Gasteiger partial charge in [-0.15, -0.1) is 0 Å². The summed E-state index contributed by atoms with van der Waals surface area (Å²) < 4.78 is 6.50. The van der Waals surface area contributed by atoms with Crippen molar-refractivity contribution < 1.29 is 14.5 Å². The normalized spacial score (nSPS) is 21.1. The second kappa shape index (κ2) is 7.95. The fraction of sp³-hybridized carbons (Fsp3) is 0.368. The van der Waals surface area contributed by atoms with Gasteiger partial charge in [-0.3, -0.25) is 0 Å². The van der Waals surface area contributed by atoms with E-state index in [0.717, 1.165) is 18.8 Å². The van der Waals surface area contributed by atoms with E-state index in [2.05, 4.69) is 58.4 Å². The lowest BCUT2D eigenvalue weighted by molar-refractivity contribution is -1.02. The lowest BCUT2D eigenvalue weighted by Crippen LogP contribution is -3.27. The maximum atomic E-state index is 5.32. The molecule has 2 N–H and O–H groups in total. The van der Waals surface area contributed by atoms with E-state index in [4.69, 9.17) is 4.74 Å². The molecule has 0 atom stereocenters. The van der Waals surface area contributed by atoms with Crippen molar-refractivity contribution in [2.45, 2.75) is 13.1 Å². The number of hydrogen-bond acceptors (Lipinski definition) is 1. The zero-order valence-corrected chi connectivity index (χ0v) is 15.2. The maximum absolute atomic E-state index is 5.32. The molecule has 1 aliphatic rings. The zero-order valence-electron chi connectivity index (χ0n) is 13.6. The van der Waals surface area contributed by atoms with Crippen LogP contribution in [0.2, 0.25) is 0 Å². The Hall–Kier alpha value is -1.36. The number of piperazine rings is 1. The summed E-state index contributed by atoms with van der Waals surface area (Å²) >= 11 is 3.56. The molecule has 1 aliphatic heterocycles. The summed E-state index contributed by atoms with van der Waals surface area (Å²) in [6.07, 6.45) is 0. The van der Waals surface area contributed by atoms with E-state index in [9.17, 15) is 0 Å². The second-order valence-electron chi connectivity index (χ2n) is 6.34. The molecular weight excluding hydrogens is 352 g/mol. The van der Waals surface area contributed by atoms with Crippen molar-refractivity contribution in [3.05, 3.63) is 64.1 Å². The lowest BCUT2D eigenvalue weighted by Gasteiger charge is -2.30. The van der Waals surface area contributed by atoms with Crippen molar-refractivity contribution in [1.82, 2.24) is 0 Å². The van der Waals surface area contributed by atoms with Crippen molar-refractivity contribution in [2.75, 3.05) is 33.3 Å². The van der Waals surface area contributed by atoms with Crippen LogP contribution in [0.5, 0.6) is 5.75 Å². The fourth-order valence-corrected chi connectivity index (χ4v) is 3.76. The third kappa shape index (κ3) is 4.80. The highest BCUT2D eigenvalue weighted by molar-refractivity contribution is 9.10. The molecule has 0 unspecified atom stereocenters. The number of halogens is 1. The molecule has 0 aliphatic carbocycles. The highest BCUT2D eigenvalue weighted by atomic mass is 79.9. The van der Waals surface area contributed by atoms with Crippen LogP contribution < -0.4 is 14.5 Å². The molecule has 0 spiro atoms. The van der Waals surface area contributed by atoms with Gasteiger partial charge in [0, 0.05) is 15.6 Å². The fourth-order valence-electron chi connectivity index (χ4n) is 3.32. The van der Waals surface area contributed by atoms with Gasteiger partial charge < -0.3 is 14.5 Å². The van der Waals surface area contributed by atoms with Gasteiger partial charge in [0.05, 0.1) is 7.11 Å². The first-order chi connectivity index (χ1) is 11.2. The van der Waals surface area contributed by atoms with E-state index in [1.54, 1.807) is 16.9 Å². The number of methoxy groups -OCH3 is 1. The van der Waals surface area contributed by atoms with Crippen LogP contribution in [-0.4, -0.2) is 33.3 Å². The first-order valence-corrected chi connectivity index (χ1v) is 9.07. The number of nitrogens with one attached hydrogen (secondary N) is 2. The van der Waals surface area contributed by atoms with Gasteiger partial charge in [-0.25, -0.2) is 0 Å². The Morgan fingerprint density at radius 3 is 2.00 bits per heavy atom. The minimum atomic E-state index is 0.959. The summed E-state index contributed by atoms with van der Waals surface area (Å²) in [4.78, 5) is 3.37. The predicted molar refractivity (Wildman–Crippen MR) is 95.9 cm³/mol. The van der Waals surface area contributed by atoms with E-state index in [0.29, 0.717) is 0 Å². The molecule has 23 heavy (non-hydrogen) atoms. The molecule has 1 heterocycles. The molecule has 3 rings (SSSR count). The predicted octanol–water partition coefficient (Wildman–Crippen LogP) is 0.941. The number of quaternary nitrogens is 2. The lowest BCUT2D eigenvalue weighted by atomic mass is 10.1. The largest absolute Gasteiger partial charge is 0.497 e. The summed E-state index contributed by atoms with van der Waals surface area (Å²) in [5.74, 6) is 0.959. The van der Waals surface area contributed by atoms with Gasteiger partial charge in [-0.2, -0.15) is 0 Å². The number of rotatable bonds is 5. The monoisotopic (exact) mass is 376 g/mol. The molecule has 3 nitrogen and oxygen atoms in total. The van der Waals surface area contributed by atoms with Gasteiger partial charge >= 0.3 is 0 Å². The Morgan fingerprint density at radius 2 is 1.43 bits per heavy atom. The van der Waals surface area contributed by atoms with Crippen LogP contribution in [0.1, 0.15) is 11.1 Å². The summed E-state index contributed by atoms with van der Waals surface area (Å²) in [6.45, 7) is 7.19. The molecule has 1 saturated heterocycles. The van der Waals surface area contributed by atoms with Crippen molar-refractivity contribution in [3.8, 4) is 5.75 Å². The maximum Gasteiger partial charge on any atom is 0.127 e. The van der Waals surface area contributed by atoms with Crippen LogP contribution in [0, 0.1) is 0 Å². The molecular formula is C19H25BrN2O+2. The molecule has 0 aromatic heterocycles. The topological polar surface area (TPSA) is 18.1 Å². The Bertz CT molecular complexity index is 639. The summed E-state index contributed by atoms with van der Waals surface area (Å²) in [7, 11) is 1.73. The first-order valence-electron chi connectivity index (χ1n) is 8.27. The second-order valence-corrected chi connectivity index (χ2v) is 7.25. The summed E-state index contributed by atoms with van der Waals surface area (Å²) in [5, 5.41) is 0. The van der Waals surface area contributed by atoms with Crippen LogP contribution in [0.15, 0.2) is 53.0 Å². The van der Waals surface area contributed by atoms with Gasteiger partial charge in [0.1, 0.15) is 45.0 Å². The minimum absolute atomic E-state index is 0.959. The molecule has 0 radical (unpaired) electrons. The van der Waals surface area contributed by atoms with Crippen LogP contribution in [0.3, 0.4) is 0 Å². The van der Waals surface area contributed by atoms with Crippen LogP contribution >= 0.6 is 15.9 Å². The van der Waals surface area contributed by atoms with Gasteiger partial charge in [-0.05, 0) is 24.3 Å². The van der Waals surface area contributed by atoms with E-state index < -0.39 is 0 Å². The average molecular weight is 377 g/mol. The van der Waals surface area contributed by atoms with Crippen molar-refractivity contribution in [3.63, 3.8) is 0 Å². The SMILES string of the molecule is COc1cccc(C[NH+]2CC[NH+](Cc3cccc(Br)c3)CC2)c1. The molecule has 4 heteroatoms. The van der Waals surface area contributed by atoms with Crippen LogP contribution in [-0.2, 0) is 13.1 Å². The van der Waals surface area contributed by atoms with Gasteiger partial charge in [0.25, 0.3) is 0 Å². The Kier molecular flexibility index (Phi) is 5.70. The average Bonchev–Trinajstić information content (AvgIpc) is 2.57. The smallest absolute Gasteiger partial charge is 0.127 e. The number of hydrogen-bond donors (Lipinski definition) is 2. The first kappa shape index (κ1) is 16.5. The van der Waals surface area contributed by atoms with Crippen LogP contribution in [0.25, 0.3) is 0 Å². The summed E-state index contributed by atoms with van der Waals surface area (Å²) in [6, 6.07) is 17.2. The molecule has 1 fully saturated rings. The van der Waals surface area contributed by atoms with E-state index >= 15 is 0 Å². The molecule has 0 amide bonds.